The first kappa shape index (κ1) is 17.6. The second kappa shape index (κ2) is 8.76. The van der Waals surface area contributed by atoms with Gasteiger partial charge in [-0.15, -0.1) is 11.3 Å². The fraction of sp³-hybridized carbons (Fsp3) is 0.421. The maximum atomic E-state index is 12.4. The summed E-state index contributed by atoms with van der Waals surface area (Å²) >= 11 is 1.36. The molecule has 2 amide bonds. The van der Waals surface area contributed by atoms with Crippen molar-refractivity contribution in [2.75, 3.05) is 10.6 Å². The molecule has 0 spiro atoms. The molecule has 5 nitrogen and oxygen atoms in total. The predicted octanol–water partition coefficient (Wildman–Crippen LogP) is 4.69. The van der Waals surface area contributed by atoms with Crippen molar-refractivity contribution in [1.82, 2.24) is 4.98 Å². The van der Waals surface area contributed by atoms with Crippen molar-refractivity contribution in [3.63, 3.8) is 0 Å². The largest absolute Gasteiger partial charge is 0.325 e. The quantitative estimate of drug-likeness (QED) is 0.787. The van der Waals surface area contributed by atoms with Gasteiger partial charge in [-0.05, 0) is 24.5 Å². The van der Waals surface area contributed by atoms with E-state index in [1.54, 1.807) is 29.8 Å². The first-order chi connectivity index (χ1) is 12.2. The van der Waals surface area contributed by atoms with Crippen LogP contribution in [0.3, 0.4) is 0 Å². The molecule has 2 N–H and O–H groups in total. The van der Waals surface area contributed by atoms with Crippen LogP contribution in [-0.2, 0) is 4.79 Å². The number of hydrogen-bond donors (Lipinski definition) is 2. The maximum Gasteiger partial charge on any atom is 0.259 e. The number of nitrogens with zero attached hydrogens (tertiary/aromatic N) is 1. The molecule has 25 heavy (non-hydrogen) atoms. The Morgan fingerprint density at radius 2 is 1.92 bits per heavy atom. The van der Waals surface area contributed by atoms with Gasteiger partial charge in [0.2, 0.25) is 5.91 Å². The summed E-state index contributed by atoms with van der Waals surface area (Å²) in [6.45, 7) is 0. The molecule has 1 saturated carbocycles. The number of thiazole rings is 1. The van der Waals surface area contributed by atoms with Gasteiger partial charge in [0, 0.05) is 18.0 Å². The van der Waals surface area contributed by atoms with Crippen molar-refractivity contribution in [2.45, 2.75) is 44.9 Å². The molecular weight excluding hydrogens is 334 g/mol. The van der Waals surface area contributed by atoms with Crippen LogP contribution in [0.4, 0.5) is 10.8 Å². The summed E-state index contributed by atoms with van der Waals surface area (Å²) in [6, 6.07) is 7.07. The van der Waals surface area contributed by atoms with Crippen molar-refractivity contribution >= 4 is 34.0 Å². The van der Waals surface area contributed by atoms with Gasteiger partial charge in [0.25, 0.3) is 5.91 Å². The molecule has 0 bridgehead atoms. The number of rotatable bonds is 6. The Morgan fingerprint density at radius 1 is 1.12 bits per heavy atom. The van der Waals surface area contributed by atoms with E-state index in [4.69, 9.17) is 0 Å². The van der Waals surface area contributed by atoms with Gasteiger partial charge in [0.05, 0.1) is 11.3 Å². The Hall–Kier alpha value is -2.21. The van der Waals surface area contributed by atoms with Gasteiger partial charge >= 0.3 is 0 Å². The Morgan fingerprint density at radius 3 is 2.68 bits per heavy atom. The average molecular weight is 357 g/mol. The highest BCUT2D eigenvalue weighted by atomic mass is 32.1. The van der Waals surface area contributed by atoms with Crippen LogP contribution < -0.4 is 10.6 Å². The van der Waals surface area contributed by atoms with Gasteiger partial charge in [0.1, 0.15) is 0 Å². The molecule has 1 aliphatic rings. The predicted molar refractivity (Wildman–Crippen MR) is 101 cm³/mol. The van der Waals surface area contributed by atoms with Crippen LogP contribution in [0.1, 0.15) is 55.3 Å². The van der Waals surface area contributed by atoms with E-state index in [0.717, 1.165) is 6.42 Å². The van der Waals surface area contributed by atoms with Crippen LogP contribution in [0, 0.1) is 5.92 Å². The van der Waals surface area contributed by atoms with E-state index >= 15 is 0 Å². The van der Waals surface area contributed by atoms with Gasteiger partial charge < -0.3 is 5.32 Å². The molecule has 0 atom stereocenters. The molecule has 0 unspecified atom stereocenters. The molecule has 2 aromatic rings. The van der Waals surface area contributed by atoms with Crippen LogP contribution in [0.15, 0.2) is 35.8 Å². The Kier molecular flexibility index (Phi) is 6.17. The fourth-order valence-corrected chi connectivity index (χ4v) is 3.79. The zero-order chi connectivity index (χ0) is 17.5. The zero-order valence-corrected chi connectivity index (χ0v) is 15.0. The minimum atomic E-state index is -0.266. The molecule has 0 saturated heterocycles. The summed E-state index contributed by atoms with van der Waals surface area (Å²) in [7, 11) is 0. The third-order valence-corrected chi connectivity index (χ3v) is 5.29. The van der Waals surface area contributed by atoms with E-state index in [2.05, 4.69) is 15.6 Å². The van der Waals surface area contributed by atoms with E-state index in [9.17, 15) is 9.59 Å². The van der Waals surface area contributed by atoms with Crippen LogP contribution >= 0.6 is 11.3 Å². The first-order valence-corrected chi connectivity index (χ1v) is 9.70. The molecule has 6 heteroatoms. The summed E-state index contributed by atoms with van der Waals surface area (Å²) in [6.07, 6.45) is 9.44. The van der Waals surface area contributed by atoms with Gasteiger partial charge in [-0.3, -0.25) is 14.9 Å². The van der Waals surface area contributed by atoms with Gasteiger partial charge in [-0.1, -0.05) is 44.2 Å². The number of benzene rings is 1. The monoisotopic (exact) mass is 357 g/mol. The summed E-state index contributed by atoms with van der Waals surface area (Å²) in [4.78, 5) is 28.8. The second-order valence-electron chi connectivity index (χ2n) is 6.43. The average Bonchev–Trinajstić information content (AvgIpc) is 3.14. The standard InChI is InChI=1S/C19H23N3O2S/c23-17(11-10-14-6-2-1-3-7-14)21-16-9-5-4-8-15(16)18(24)22-19-20-12-13-25-19/h4-5,8-9,12-14H,1-3,6-7,10-11H2,(H,21,23)(H,20,22,24). The number of carbonyl (C=O) groups is 2. The molecule has 0 aliphatic heterocycles. The van der Waals surface area contributed by atoms with E-state index < -0.39 is 0 Å². The first-order valence-electron chi connectivity index (χ1n) is 8.82. The van der Waals surface area contributed by atoms with Gasteiger partial charge in [-0.25, -0.2) is 4.98 Å². The number of nitrogens with one attached hydrogen (secondary N) is 2. The summed E-state index contributed by atoms with van der Waals surface area (Å²) in [5.74, 6) is 0.376. The van der Waals surface area contributed by atoms with Crippen LogP contribution in [-0.4, -0.2) is 16.8 Å². The van der Waals surface area contributed by atoms with Gasteiger partial charge in [-0.2, -0.15) is 0 Å². The Bertz CT molecular complexity index is 709. The summed E-state index contributed by atoms with van der Waals surface area (Å²) in [5.41, 5.74) is 0.994. The lowest BCUT2D eigenvalue weighted by molar-refractivity contribution is -0.116. The number of para-hydroxylation sites is 1. The Balaban J connectivity index is 1.58. The third kappa shape index (κ3) is 5.13. The molecule has 1 aromatic carbocycles. The SMILES string of the molecule is O=C(CCC1CCCCC1)Nc1ccccc1C(=O)Nc1nccs1. The number of carbonyl (C=O) groups excluding carboxylic acids is 2. The van der Waals surface area contributed by atoms with E-state index in [-0.39, 0.29) is 11.8 Å². The number of anilines is 2. The van der Waals surface area contributed by atoms with Crippen LogP contribution in [0.2, 0.25) is 0 Å². The fourth-order valence-electron chi connectivity index (χ4n) is 3.26. The molecule has 132 valence electrons. The topological polar surface area (TPSA) is 71.1 Å². The van der Waals surface area contributed by atoms with E-state index in [0.29, 0.717) is 28.7 Å². The number of hydrogen-bond acceptors (Lipinski definition) is 4. The lowest BCUT2D eigenvalue weighted by Gasteiger charge is -2.21. The lowest BCUT2D eigenvalue weighted by atomic mass is 9.86. The highest BCUT2D eigenvalue weighted by Gasteiger charge is 2.17. The third-order valence-electron chi connectivity index (χ3n) is 4.60. The second-order valence-corrected chi connectivity index (χ2v) is 7.32. The highest BCUT2D eigenvalue weighted by Crippen LogP contribution is 2.27. The highest BCUT2D eigenvalue weighted by molar-refractivity contribution is 7.13. The van der Waals surface area contributed by atoms with E-state index in [1.807, 2.05) is 6.07 Å². The number of amides is 2. The minimum absolute atomic E-state index is 0.0277. The van der Waals surface area contributed by atoms with Crippen LogP contribution in [0.25, 0.3) is 0 Å². The van der Waals surface area contributed by atoms with Gasteiger partial charge in [0.15, 0.2) is 5.13 Å². The van der Waals surface area contributed by atoms with E-state index in [1.165, 1.54) is 43.4 Å². The molecule has 1 fully saturated rings. The summed E-state index contributed by atoms with van der Waals surface area (Å²) < 4.78 is 0. The summed E-state index contributed by atoms with van der Waals surface area (Å²) in [5, 5.41) is 7.99. The molecule has 1 aromatic heterocycles. The van der Waals surface area contributed by atoms with Crippen LogP contribution in [0.5, 0.6) is 0 Å². The Labute approximate surface area is 151 Å². The molecule has 1 aliphatic carbocycles. The molecule has 3 rings (SSSR count). The van der Waals surface area contributed by atoms with Crippen molar-refractivity contribution < 1.29 is 9.59 Å². The minimum Gasteiger partial charge on any atom is -0.325 e. The number of aromatic nitrogens is 1. The van der Waals surface area contributed by atoms with Crippen molar-refractivity contribution in [2.24, 2.45) is 5.92 Å². The normalized spacial score (nSPS) is 14.9. The maximum absolute atomic E-state index is 12.4. The molecule has 1 heterocycles. The van der Waals surface area contributed by atoms with Crippen molar-refractivity contribution in [1.29, 1.82) is 0 Å². The zero-order valence-electron chi connectivity index (χ0n) is 14.2. The van der Waals surface area contributed by atoms with Crippen molar-refractivity contribution in [3.8, 4) is 0 Å². The van der Waals surface area contributed by atoms with Crippen molar-refractivity contribution in [3.05, 3.63) is 41.4 Å². The molecular formula is C19H23N3O2S. The lowest BCUT2D eigenvalue weighted by Crippen LogP contribution is -2.19. The smallest absolute Gasteiger partial charge is 0.259 e. The molecule has 0 radical (unpaired) electrons.